The molecule has 0 saturated carbocycles. The van der Waals surface area contributed by atoms with Crippen molar-refractivity contribution in [1.82, 2.24) is 0 Å². The fourth-order valence-corrected chi connectivity index (χ4v) is 3.28. The summed E-state index contributed by atoms with van der Waals surface area (Å²) in [5, 5.41) is 9.18. The first-order valence-corrected chi connectivity index (χ1v) is 9.34. The fraction of sp³-hybridized carbons (Fsp3) is 0.941. The minimum atomic E-state index is 0.665. The summed E-state index contributed by atoms with van der Waals surface area (Å²) in [5.41, 5.74) is 0. The first-order valence-electron chi connectivity index (χ1n) is 8.29. The Morgan fingerprint density at radius 3 is 1.95 bits per heavy atom. The lowest BCUT2D eigenvalue weighted by atomic mass is 10.1. The molecule has 0 radical (unpaired) electrons. The van der Waals surface area contributed by atoms with E-state index in [1.54, 1.807) is 0 Å². The summed E-state index contributed by atoms with van der Waals surface area (Å²) in [7, 11) is 0. The number of nitriles is 1. The van der Waals surface area contributed by atoms with Crippen LogP contribution < -0.4 is 0 Å². The maximum atomic E-state index is 8.52. The quantitative estimate of drug-likeness (QED) is 0.348. The molecule has 1 unspecified atom stereocenters. The molecule has 0 aliphatic rings. The largest absolute Gasteiger partial charge is 0.198 e. The van der Waals surface area contributed by atoms with Crippen LogP contribution in [0.3, 0.4) is 0 Å². The second-order valence-electron chi connectivity index (χ2n) is 5.56. The SMILES string of the molecule is CCCCCCCCCCCCSC(C)CCC#N. The Bertz CT molecular complexity index is 210. The highest BCUT2D eigenvalue weighted by Crippen LogP contribution is 2.18. The molecule has 0 N–H and O–H groups in total. The highest BCUT2D eigenvalue weighted by molar-refractivity contribution is 7.99. The lowest BCUT2D eigenvalue weighted by Crippen LogP contribution is -1.96. The molecular weight excluding hydrogens is 250 g/mol. The van der Waals surface area contributed by atoms with E-state index in [0.29, 0.717) is 11.7 Å². The average Bonchev–Trinajstić information content (AvgIpc) is 2.42. The Labute approximate surface area is 125 Å². The monoisotopic (exact) mass is 283 g/mol. The van der Waals surface area contributed by atoms with Crippen LogP contribution in [0.15, 0.2) is 0 Å². The molecule has 0 fully saturated rings. The second-order valence-corrected chi connectivity index (χ2v) is 7.11. The molecule has 0 aromatic rings. The zero-order chi connectivity index (χ0) is 14.2. The molecule has 0 aliphatic carbocycles. The molecule has 0 rings (SSSR count). The van der Waals surface area contributed by atoms with Crippen LogP contribution in [0.5, 0.6) is 0 Å². The van der Waals surface area contributed by atoms with E-state index >= 15 is 0 Å². The first kappa shape index (κ1) is 18.8. The summed E-state index contributed by atoms with van der Waals surface area (Å²) in [6.07, 6.45) is 15.9. The highest BCUT2D eigenvalue weighted by Gasteiger charge is 2.01. The van der Waals surface area contributed by atoms with Gasteiger partial charge >= 0.3 is 0 Å². The Balaban J connectivity index is 3.04. The van der Waals surface area contributed by atoms with Gasteiger partial charge in [-0.25, -0.2) is 0 Å². The number of hydrogen-bond donors (Lipinski definition) is 0. The molecule has 0 bridgehead atoms. The van der Waals surface area contributed by atoms with Gasteiger partial charge in [0.25, 0.3) is 0 Å². The Kier molecular flexibility index (Phi) is 15.8. The third kappa shape index (κ3) is 15.8. The van der Waals surface area contributed by atoms with Crippen LogP contribution >= 0.6 is 11.8 Å². The molecule has 0 saturated heterocycles. The molecule has 0 spiro atoms. The smallest absolute Gasteiger partial charge is 0.0622 e. The summed E-state index contributed by atoms with van der Waals surface area (Å²) in [6.45, 7) is 4.53. The zero-order valence-corrected chi connectivity index (χ0v) is 13.9. The number of unbranched alkanes of at least 4 members (excludes halogenated alkanes) is 9. The third-order valence-electron chi connectivity index (χ3n) is 3.56. The van der Waals surface area contributed by atoms with Crippen molar-refractivity contribution in [2.24, 2.45) is 0 Å². The van der Waals surface area contributed by atoms with Crippen LogP contribution in [0, 0.1) is 11.3 Å². The van der Waals surface area contributed by atoms with Crippen LogP contribution in [0.4, 0.5) is 0 Å². The highest BCUT2D eigenvalue weighted by atomic mass is 32.2. The van der Waals surface area contributed by atoms with Gasteiger partial charge in [0.15, 0.2) is 0 Å². The van der Waals surface area contributed by atoms with Gasteiger partial charge in [0.1, 0.15) is 0 Å². The summed E-state index contributed by atoms with van der Waals surface area (Å²) in [6, 6.07) is 2.23. The van der Waals surface area contributed by atoms with Gasteiger partial charge in [-0.2, -0.15) is 17.0 Å². The Hall–Kier alpha value is -0.160. The Morgan fingerprint density at radius 1 is 0.895 bits per heavy atom. The average molecular weight is 284 g/mol. The number of thioether (sulfide) groups is 1. The van der Waals surface area contributed by atoms with Crippen LogP contribution in [0.25, 0.3) is 0 Å². The van der Waals surface area contributed by atoms with Crippen LogP contribution in [-0.4, -0.2) is 11.0 Å². The maximum Gasteiger partial charge on any atom is 0.0622 e. The molecular formula is C17H33NS. The van der Waals surface area contributed by atoms with E-state index in [0.717, 1.165) is 6.42 Å². The van der Waals surface area contributed by atoms with Crippen molar-refractivity contribution in [3.8, 4) is 6.07 Å². The number of rotatable bonds is 14. The lowest BCUT2D eigenvalue weighted by Gasteiger charge is -2.08. The molecule has 112 valence electrons. The standard InChI is InChI=1S/C17H33NS/c1-3-4-5-6-7-8-9-10-11-12-16-19-17(2)14-13-15-18/h17H,3-14,16H2,1-2H3. The minimum absolute atomic E-state index is 0.665. The first-order chi connectivity index (χ1) is 9.31. The van der Waals surface area contributed by atoms with Crippen molar-refractivity contribution in [3.63, 3.8) is 0 Å². The van der Waals surface area contributed by atoms with Crippen molar-refractivity contribution in [3.05, 3.63) is 0 Å². The van der Waals surface area contributed by atoms with E-state index in [2.05, 4.69) is 19.9 Å². The van der Waals surface area contributed by atoms with Gasteiger partial charge in [-0.1, -0.05) is 71.6 Å². The van der Waals surface area contributed by atoms with Gasteiger partial charge in [0, 0.05) is 11.7 Å². The number of nitrogens with zero attached hydrogens (tertiary/aromatic N) is 1. The number of hydrogen-bond acceptors (Lipinski definition) is 2. The molecule has 2 heteroatoms. The van der Waals surface area contributed by atoms with Crippen molar-refractivity contribution < 1.29 is 0 Å². The predicted octanol–water partition coefficient (Wildman–Crippen LogP) is 6.33. The van der Waals surface area contributed by atoms with Gasteiger partial charge in [0.2, 0.25) is 0 Å². The van der Waals surface area contributed by atoms with Gasteiger partial charge in [-0.05, 0) is 18.6 Å². The zero-order valence-electron chi connectivity index (χ0n) is 13.1. The summed E-state index contributed by atoms with van der Waals surface area (Å²) >= 11 is 2.04. The lowest BCUT2D eigenvalue weighted by molar-refractivity contribution is 0.563. The summed E-state index contributed by atoms with van der Waals surface area (Å²) in [5.74, 6) is 1.28. The molecule has 1 nitrogen and oxygen atoms in total. The predicted molar refractivity (Wildman–Crippen MR) is 88.6 cm³/mol. The van der Waals surface area contributed by atoms with E-state index in [9.17, 15) is 0 Å². The van der Waals surface area contributed by atoms with Gasteiger partial charge in [-0.15, -0.1) is 0 Å². The molecule has 0 aromatic carbocycles. The normalized spacial score (nSPS) is 12.3. The molecule has 0 aliphatic heterocycles. The van der Waals surface area contributed by atoms with Crippen molar-refractivity contribution in [2.45, 2.75) is 96.1 Å². The molecule has 0 aromatic heterocycles. The van der Waals surface area contributed by atoms with Crippen LogP contribution in [0.2, 0.25) is 0 Å². The van der Waals surface area contributed by atoms with Crippen LogP contribution in [0.1, 0.15) is 90.9 Å². The van der Waals surface area contributed by atoms with E-state index in [4.69, 9.17) is 5.26 Å². The van der Waals surface area contributed by atoms with Gasteiger partial charge in [-0.3, -0.25) is 0 Å². The summed E-state index contributed by atoms with van der Waals surface area (Å²) in [4.78, 5) is 0. The molecule has 0 heterocycles. The Morgan fingerprint density at radius 2 is 1.42 bits per heavy atom. The van der Waals surface area contributed by atoms with Crippen molar-refractivity contribution in [2.75, 3.05) is 5.75 Å². The van der Waals surface area contributed by atoms with Crippen molar-refractivity contribution >= 4 is 11.8 Å². The van der Waals surface area contributed by atoms with Crippen molar-refractivity contribution in [1.29, 1.82) is 5.26 Å². The van der Waals surface area contributed by atoms with Gasteiger partial charge in [0.05, 0.1) is 6.07 Å². The maximum absolute atomic E-state index is 8.52. The minimum Gasteiger partial charge on any atom is -0.198 e. The molecule has 1 atom stereocenters. The topological polar surface area (TPSA) is 23.8 Å². The summed E-state index contributed by atoms with van der Waals surface area (Å²) < 4.78 is 0. The molecule has 0 amide bonds. The van der Waals surface area contributed by atoms with E-state index < -0.39 is 0 Å². The van der Waals surface area contributed by atoms with E-state index in [-0.39, 0.29) is 0 Å². The fourth-order valence-electron chi connectivity index (χ4n) is 2.23. The van der Waals surface area contributed by atoms with Crippen LogP contribution in [-0.2, 0) is 0 Å². The van der Waals surface area contributed by atoms with Gasteiger partial charge < -0.3 is 0 Å². The second kappa shape index (κ2) is 15.9. The van der Waals surface area contributed by atoms with E-state index in [1.165, 1.54) is 70.0 Å². The van der Waals surface area contributed by atoms with E-state index in [1.807, 2.05) is 11.8 Å². The third-order valence-corrected chi connectivity index (χ3v) is 4.89. The molecule has 19 heavy (non-hydrogen) atoms.